The van der Waals surface area contributed by atoms with Crippen LogP contribution in [0.25, 0.3) is 5.69 Å². The average Bonchev–Trinajstić information content (AvgIpc) is 2.67. The van der Waals surface area contributed by atoms with E-state index in [1.165, 1.54) is 10.7 Å². The van der Waals surface area contributed by atoms with E-state index >= 15 is 0 Å². The summed E-state index contributed by atoms with van der Waals surface area (Å²) in [5, 5.41) is 16.0. The normalized spacial score (nSPS) is 10.8. The van der Waals surface area contributed by atoms with Gasteiger partial charge in [0.15, 0.2) is 0 Å². The number of hydrogen-bond acceptors (Lipinski definition) is 3. The molecule has 2 rings (SSSR count). The second kappa shape index (κ2) is 5.99. The van der Waals surface area contributed by atoms with E-state index in [0.717, 1.165) is 6.42 Å². The Kier molecular flexibility index (Phi) is 4.52. The molecule has 0 unspecified atom stereocenters. The number of aryl methyl sites for hydroxylation is 1. The first kappa shape index (κ1) is 15.1. The maximum absolute atomic E-state index is 11.1. The Morgan fingerprint density at radius 1 is 1.35 bits per heavy atom. The SMILES string of the molecule is CCCc1nn(-c2ccc(Cl)cc2Cl)c(Cl)c1[N+](=O)[O-]. The zero-order valence-corrected chi connectivity index (χ0v) is 12.7. The minimum absolute atomic E-state index is 0.0670. The second-order valence-electron chi connectivity index (χ2n) is 4.10. The highest BCUT2D eigenvalue weighted by Gasteiger charge is 2.27. The van der Waals surface area contributed by atoms with Crippen LogP contribution in [-0.4, -0.2) is 14.7 Å². The molecule has 0 N–H and O–H groups in total. The molecule has 8 heteroatoms. The molecular formula is C12H10Cl3N3O2. The first-order valence-electron chi connectivity index (χ1n) is 5.83. The predicted octanol–water partition coefficient (Wildman–Crippen LogP) is 4.69. The van der Waals surface area contributed by atoms with Crippen molar-refractivity contribution in [2.45, 2.75) is 19.8 Å². The van der Waals surface area contributed by atoms with Gasteiger partial charge < -0.3 is 0 Å². The van der Waals surface area contributed by atoms with Crippen LogP contribution in [0.2, 0.25) is 15.2 Å². The Morgan fingerprint density at radius 2 is 2.05 bits per heavy atom. The van der Waals surface area contributed by atoms with E-state index in [0.29, 0.717) is 27.8 Å². The standard InChI is InChI=1S/C12H10Cl3N3O2/c1-2-3-9-11(18(19)20)12(15)17(16-9)10-5-4-7(13)6-8(10)14/h4-6H,2-3H2,1H3. The van der Waals surface area contributed by atoms with Crippen LogP contribution in [0.15, 0.2) is 18.2 Å². The van der Waals surface area contributed by atoms with E-state index in [4.69, 9.17) is 34.8 Å². The molecular weight excluding hydrogens is 325 g/mol. The lowest BCUT2D eigenvalue weighted by atomic mass is 10.2. The number of rotatable bonds is 4. The van der Waals surface area contributed by atoms with Gasteiger partial charge in [0, 0.05) is 5.02 Å². The maximum atomic E-state index is 11.1. The summed E-state index contributed by atoms with van der Waals surface area (Å²) in [5.41, 5.74) is 0.611. The number of halogens is 3. The second-order valence-corrected chi connectivity index (χ2v) is 5.30. The summed E-state index contributed by atoms with van der Waals surface area (Å²) in [6, 6.07) is 4.76. The third kappa shape index (κ3) is 2.75. The zero-order chi connectivity index (χ0) is 14.9. The van der Waals surface area contributed by atoms with Crippen LogP contribution in [0.3, 0.4) is 0 Å². The van der Waals surface area contributed by atoms with E-state index in [-0.39, 0.29) is 10.8 Å². The van der Waals surface area contributed by atoms with Crippen LogP contribution >= 0.6 is 34.8 Å². The average molecular weight is 335 g/mol. The molecule has 1 heterocycles. The van der Waals surface area contributed by atoms with Gasteiger partial charge in [0.2, 0.25) is 5.15 Å². The van der Waals surface area contributed by atoms with Gasteiger partial charge >= 0.3 is 5.69 Å². The molecule has 0 fully saturated rings. The molecule has 1 aromatic heterocycles. The number of nitrogens with zero attached hydrogens (tertiary/aromatic N) is 3. The van der Waals surface area contributed by atoms with Crippen molar-refractivity contribution in [2.75, 3.05) is 0 Å². The van der Waals surface area contributed by atoms with Gasteiger partial charge in [-0.2, -0.15) is 5.10 Å². The minimum Gasteiger partial charge on any atom is -0.258 e. The molecule has 2 aromatic rings. The lowest BCUT2D eigenvalue weighted by Crippen LogP contribution is -1.98. The summed E-state index contributed by atoms with van der Waals surface area (Å²) in [5.74, 6) is 0. The van der Waals surface area contributed by atoms with Gasteiger partial charge in [0.05, 0.1) is 15.6 Å². The van der Waals surface area contributed by atoms with Crippen molar-refractivity contribution in [3.05, 3.63) is 49.2 Å². The Morgan fingerprint density at radius 3 is 2.60 bits per heavy atom. The van der Waals surface area contributed by atoms with Crippen molar-refractivity contribution >= 4 is 40.5 Å². The fraction of sp³-hybridized carbons (Fsp3) is 0.250. The quantitative estimate of drug-likeness (QED) is 0.602. The summed E-state index contributed by atoms with van der Waals surface area (Å²) in [6.07, 6.45) is 1.19. The largest absolute Gasteiger partial charge is 0.329 e. The van der Waals surface area contributed by atoms with Crippen LogP contribution in [-0.2, 0) is 6.42 Å². The van der Waals surface area contributed by atoms with Gasteiger partial charge in [0.1, 0.15) is 5.69 Å². The van der Waals surface area contributed by atoms with Crippen molar-refractivity contribution in [3.63, 3.8) is 0 Å². The molecule has 0 radical (unpaired) electrons. The molecule has 20 heavy (non-hydrogen) atoms. The van der Waals surface area contributed by atoms with E-state index in [1.807, 2.05) is 6.92 Å². The number of nitro groups is 1. The number of benzene rings is 1. The monoisotopic (exact) mass is 333 g/mol. The number of hydrogen-bond donors (Lipinski definition) is 0. The molecule has 0 saturated heterocycles. The third-order valence-electron chi connectivity index (χ3n) is 2.68. The summed E-state index contributed by atoms with van der Waals surface area (Å²) >= 11 is 18.0. The van der Waals surface area contributed by atoms with E-state index < -0.39 is 4.92 Å². The molecule has 0 aliphatic rings. The molecule has 106 valence electrons. The topological polar surface area (TPSA) is 61.0 Å². The van der Waals surface area contributed by atoms with Gasteiger partial charge in [0.25, 0.3) is 0 Å². The first-order valence-corrected chi connectivity index (χ1v) is 6.96. The van der Waals surface area contributed by atoms with Crippen molar-refractivity contribution < 1.29 is 4.92 Å². The van der Waals surface area contributed by atoms with Crippen molar-refractivity contribution in [2.24, 2.45) is 0 Å². The van der Waals surface area contributed by atoms with Crippen molar-refractivity contribution in [3.8, 4) is 5.69 Å². The first-order chi connectivity index (χ1) is 9.45. The summed E-state index contributed by atoms with van der Waals surface area (Å²) in [7, 11) is 0. The highest BCUT2D eigenvalue weighted by molar-refractivity contribution is 6.36. The highest BCUT2D eigenvalue weighted by Crippen LogP contribution is 2.34. The van der Waals surface area contributed by atoms with Gasteiger partial charge in [-0.15, -0.1) is 0 Å². The van der Waals surface area contributed by atoms with E-state index in [2.05, 4.69) is 5.10 Å². The number of aromatic nitrogens is 2. The molecule has 0 aliphatic heterocycles. The smallest absolute Gasteiger partial charge is 0.258 e. The third-order valence-corrected chi connectivity index (χ3v) is 3.56. The van der Waals surface area contributed by atoms with Crippen LogP contribution in [0, 0.1) is 10.1 Å². The fourth-order valence-electron chi connectivity index (χ4n) is 1.83. The van der Waals surface area contributed by atoms with Gasteiger partial charge in [-0.25, -0.2) is 4.68 Å². The van der Waals surface area contributed by atoms with Crippen LogP contribution in [0.1, 0.15) is 19.0 Å². The lowest BCUT2D eigenvalue weighted by molar-refractivity contribution is -0.385. The summed E-state index contributed by atoms with van der Waals surface area (Å²) in [6.45, 7) is 1.91. The molecule has 5 nitrogen and oxygen atoms in total. The Bertz CT molecular complexity index is 670. The fourth-order valence-corrected chi connectivity index (χ4v) is 2.63. The summed E-state index contributed by atoms with van der Waals surface area (Å²) in [4.78, 5) is 10.6. The molecule has 0 aliphatic carbocycles. The summed E-state index contributed by atoms with van der Waals surface area (Å²) < 4.78 is 1.27. The lowest BCUT2D eigenvalue weighted by Gasteiger charge is -2.05. The van der Waals surface area contributed by atoms with Gasteiger partial charge in [-0.3, -0.25) is 10.1 Å². The van der Waals surface area contributed by atoms with Gasteiger partial charge in [-0.1, -0.05) is 48.1 Å². The van der Waals surface area contributed by atoms with E-state index in [9.17, 15) is 10.1 Å². The molecule has 0 bridgehead atoms. The Balaban J connectivity index is 2.63. The van der Waals surface area contributed by atoms with Crippen LogP contribution < -0.4 is 0 Å². The predicted molar refractivity (Wildman–Crippen MR) is 79.2 cm³/mol. The highest BCUT2D eigenvalue weighted by atomic mass is 35.5. The van der Waals surface area contributed by atoms with Crippen molar-refractivity contribution in [1.29, 1.82) is 0 Å². The maximum Gasteiger partial charge on any atom is 0.329 e. The van der Waals surface area contributed by atoms with E-state index in [1.54, 1.807) is 12.1 Å². The molecule has 0 spiro atoms. The Labute approximate surface area is 130 Å². The molecule has 0 atom stereocenters. The minimum atomic E-state index is -0.527. The molecule has 0 saturated carbocycles. The molecule has 0 amide bonds. The molecule has 1 aromatic carbocycles. The van der Waals surface area contributed by atoms with Crippen LogP contribution in [0.4, 0.5) is 5.69 Å². The van der Waals surface area contributed by atoms with Crippen LogP contribution in [0.5, 0.6) is 0 Å². The zero-order valence-electron chi connectivity index (χ0n) is 10.4. The van der Waals surface area contributed by atoms with Gasteiger partial charge in [-0.05, 0) is 24.6 Å². The Hall–Kier alpha value is -1.30. The van der Waals surface area contributed by atoms with Crippen molar-refractivity contribution in [1.82, 2.24) is 9.78 Å².